The molecule has 0 spiro atoms. The quantitative estimate of drug-likeness (QED) is 0.529. The van der Waals surface area contributed by atoms with E-state index in [2.05, 4.69) is 10.3 Å². The lowest BCUT2D eigenvalue weighted by Crippen LogP contribution is -2.03. The SMILES string of the molecule is COc1cccc(-c2ccc3c(c2)NC(=O)/C3=C/c2[nH]cc(CCC(=O)O)c2C)c1. The van der Waals surface area contributed by atoms with Crippen LogP contribution in [0.2, 0.25) is 0 Å². The number of carboxylic acids is 1. The van der Waals surface area contributed by atoms with Crippen LogP contribution in [0.4, 0.5) is 5.69 Å². The van der Waals surface area contributed by atoms with Gasteiger partial charge in [0, 0.05) is 29.6 Å². The zero-order valence-electron chi connectivity index (χ0n) is 16.8. The third-order valence-corrected chi connectivity index (χ3v) is 5.39. The maximum atomic E-state index is 12.6. The minimum Gasteiger partial charge on any atom is -0.497 e. The summed E-state index contributed by atoms with van der Waals surface area (Å²) in [7, 11) is 1.63. The molecule has 0 fully saturated rings. The lowest BCUT2D eigenvalue weighted by molar-refractivity contribution is -0.137. The summed E-state index contributed by atoms with van der Waals surface area (Å²) in [6, 6.07) is 13.7. The van der Waals surface area contributed by atoms with Gasteiger partial charge >= 0.3 is 5.97 Å². The monoisotopic (exact) mass is 402 g/mol. The van der Waals surface area contributed by atoms with E-state index in [0.29, 0.717) is 12.0 Å². The molecule has 1 aliphatic rings. The first-order valence-corrected chi connectivity index (χ1v) is 9.67. The Morgan fingerprint density at radius 3 is 2.73 bits per heavy atom. The number of hydrogen-bond donors (Lipinski definition) is 3. The summed E-state index contributed by atoms with van der Waals surface area (Å²) in [6.45, 7) is 1.93. The Kier molecular flexibility index (Phi) is 5.14. The number of hydrogen-bond acceptors (Lipinski definition) is 3. The van der Waals surface area contributed by atoms with Gasteiger partial charge in [-0.15, -0.1) is 0 Å². The molecule has 0 atom stereocenters. The number of amides is 1. The van der Waals surface area contributed by atoms with E-state index in [1.807, 2.05) is 61.7 Å². The van der Waals surface area contributed by atoms with Gasteiger partial charge in [0.25, 0.3) is 5.91 Å². The Balaban J connectivity index is 1.65. The molecule has 2 aromatic carbocycles. The second-order valence-electron chi connectivity index (χ2n) is 7.25. The summed E-state index contributed by atoms with van der Waals surface area (Å²) in [5.41, 5.74) is 6.89. The van der Waals surface area contributed by atoms with Crippen molar-refractivity contribution in [2.45, 2.75) is 19.8 Å². The van der Waals surface area contributed by atoms with Gasteiger partial charge in [-0.2, -0.15) is 0 Å². The molecule has 1 aliphatic heterocycles. The zero-order chi connectivity index (χ0) is 21.3. The van der Waals surface area contributed by atoms with Gasteiger partial charge in [0.2, 0.25) is 0 Å². The van der Waals surface area contributed by atoms with Crippen LogP contribution >= 0.6 is 0 Å². The van der Waals surface area contributed by atoms with E-state index in [4.69, 9.17) is 9.84 Å². The summed E-state index contributed by atoms with van der Waals surface area (Å²) >= 11 is 0. The highest BCUT2D eigenvalue weighted by Crippen LogP contribution is 2.37. The number of aromatic nitrogens is 1. The molecule has 3 N–H and O–H groups in total. The number of benzene rings is 2. The van der Waals surface area contributed by atoms with Crippen molar-refractivity contribution in [2.75, 3.05) is 12.4 Å². The van der Waals surface area contributed by atoms with E-state index >= 15 is 0 Å². The first-order chi connectivity index (χ1) is 14.5. The van der Waals surface area contributed by atoms with Gasteiger partial charge in [-0.05, 0) is 59.9 Å². The average Bonchev–Trinajstić information content (AvgIpc) is 3.25. The normalized spacial score (nSPS) is 13.9. The smallest absolute Gasteiger partial charge is 0.303 e. The number of methoxy groups -OCH3 is 1. The summed E-state index contributed by atoms with van der Waals surface area (Å²) in [5, 5.41) is 11.8. The Labute approximate surface area is 174 Å². The highest BCUT2D eigenvalue weighted by molar-refractivity contribution is 6.35. The fourth-order valence-electron chi connectivity index (χ4n) is 3.67. The minimum absolute atomic E-state index is 0.0745. The molecule has 3 aromatic rings. The van der Waals surface area contributed by atoms with Gasteiger partial charge in [-0.3, -0.25) is 9.59 Å². The number of ether oxygens (including phenoxy) is 1. The van der Waals surface area contributed by atoms with Crippen LogP contribution in [0, 0.1) is 6.92 Å². The van der Waals surface area contributed by atoms with Crippen molar-refractivity contribution >= 4 is 29.2 Å². The lowest BCUT2D eigenvalue weighted by atomic mass is 9.99. The van der Waals surface area contributed by atoms with Crippen molar-refractivity contribution in [3.63, 3.8) is 0 Å². The molecule has 30 heavy (non-hydrogen) atoms. The van der Waals surface area contributed by atoms with Crippen LogP contribution in [0.15, 0.2) is 48.7 Å². The van der Waals surface area contributed by atoms with E-state index in [-0.39, 0.29) is 12.3 Å². The first-order valence-electron chi connectivity index (χ1n) is 9.67. The van der Waals surface area contributed by atoms with Gasteiger partial charge in [-0.25, -0.2) is 0 Å². The molecule has 1 amide bonds. The fourth-order valence-corrected chi connectivity index (χ4v) is 3.67. The predicted octanol–water partition coefficient (Wildman–Crippen LogP) is 4.51. The molecule has 0 aliphatic carbocycles. The summed E-state index contributed by atoms with van der Waals surface area (Å²) in [6.07, 6.45) is 4.16. The number of nitrogens with one attached hydrogen (secondary N) is 2. The Morgan fingerprint density at radius 2 is 1.97 bits per heavy atom. The van der Waals surface area contributed by atoms with Crippen LogP contribution in [-0.4, -0.2) is 29.1 Å². The van der Waals surface area contributed by atoms with Crippen LogP contribution < -0.4 is 10.1 Å². The third kappa shape index (κ3) is 3.72. The van der Waals surface area contributed by atoms with E-state index < -0.39 is 5.97 Å². The number of fused-ring (bicyclic) bond motifs is 1. The van der Waals surface area contributed by atoms with Crippen molar-refractivity contribution in [3.8, 4) is 16.9 Å². The summed E-state index contributed by atoms with van der Waals surface area (Å²) in [5.74, 6) is -0.209. The van der Waals surface area contributed by atoms with Gasteiger partial charge < -0.3 is 20.1 Å². The molecule has 0 radical (unpaired) electrons. The molecule has 0 saturated heterocycles. The van der Waals surface area contributed by atoms with Crippen molar-refractivity contribution in [1.29, 1.82) is 0 Å². The van der Waals surface area contributed by atoms with Gasteiger partial charge in [0.15, 0.2) is 0 Å². The molecular formula is C24H22N2O4. The number of rotatable bonds is 6. The molecule has 6 nitrogen and oxygen atoms in total. The number of anilines is 1. The van der Waals surface area contributed by atoms with E-state index in [1.54, 1.807) is 7.11 Å². The predicted molar refractivity (Wildman–Crippen MR) is 116 cm³/mol. The number of carbonyl (C=O) groups excluding carboxylic acids is 1. The largest absolute Gasteiger partial charge is 0.497 e. The number of aromatic amines is 1. The summed E-state index contributed by atoms with van der Waals surface area (Å²) < 4.78 is 5.30. The molecule has 0 saturated carbocycles. The minimum atomic E-state index is -0.827. The van der Waals surface area contributed by atoms with Crippen molar-refractivity contribution in [1.82, 2.24) is 4.98 Å². The Morgan fingerprint density at radius 1 is 1.17 bits per heavy atom. The number of aryl methyl sites for hydroxylation is 1. The van der Waals surface area contributed by atoms with Crippen molar-refractivity contribution in [3.05, 3.63) is 71.0 Å². The van der Waals surface area contributed by atoms with Crippen LogP contribution in [0.3, 0.4) is 0 Å². The number of carbonyl (C=O) groups is 2. The molecule has 1 aromatic heterocycles. The molecule has 6 heteroatoms. The molecule has 4 rings (SSSR count). The molecule has 2 heterocycles. The van der Waals surface area contributed by atoms with Crippen LogP contribution in [-0.2, 0) is 16.0 Å². The average molecular weight is 402 g/mol. The molecule has 0 bridgehead atoms. The summed E-state index contributed by atoms with van der Waals surface area (Å²) in [4.78, 5) is 26.6. The van der Waals surface area contributed by atoms with Crippen LogP contribution in [0.5, 0.6) is 5.75 Å². The highest BCUT2D eigenvalue weighted by atomic mass is 16.5. The first kappa shape index (κ1) is 19.5. The Hall–Kier alpha value is -3.80. The highest BCUT2D eigenvalue weighted by Gasteiger charge is 2.25. The number of H-pyrrole nitrogens is 1. The van der Waals surface area contributed by atoms with Crippen LogP contribution in [0.1, 0.15) is 28.8 Å². The van der Waals surface area contributed by atoms with Gasteiger partial charge in [0.1, 0.15) is 5.75 Å². The van der Waals surface area contributed by atoms with E-state index in [0.717, 1.165) is 44.9 Å². The number of carboxylic acid groups (broad SMARTS) is 1. The fraction of sp³-hybridized carbons (Fsp3) is 0.167. The molecule has 0 unspecified atom stereocenters. The molecular weight excluding hydrogens is 380 g/mol. The zero-order valence-corrected chi connectivity index (χ0v) is 16.8. The van der Waals surface area contributed by atoms with E-state index in [9.17, 15) is 9.59 Å². The molecule has 152 valence electrons. The van der Waals surface area contributed by atoms with E-state index in [1.165, 1.54) is 0 Å². The number of aliphatic carboxylic acids is 1. The Bertz CT molecular complexity index is 1170. The van der Waals surface area contributed by atoms with Crippen molar-refractivity contribution < 1.29 is 19.4 Å². The standard InChI is InChI=1S/C24H22N2O4/c1-14-17(7-9-23(27)28)13-25-21(14)12-20-19-8-6-16(11-22(19)26-24(20)29)15-4-3-5-18(10-15)30-2/h3-6,8,10-13,25H,7,9H2,1-2H3,(H,26,29)(H,27,28)/b20-12+. The van der Waals surface area contributed by atoms with Crippen LogP contribution in [0.25, 0.3) is 22.8 Å². The van der Waals surface area contributed by atoms with Gasteiger partial charge in [0.05, 0.1) is 12.7 Å². The second kappa shape index (κ2) is 7.91. The van der Waals surface area contributed by atoms with Crippen molar-refractivity contribution in [2.24, 2.45) is 0 Å². The maximum Gasteiger partial charge on any atom is 0.303 e. The second-order valence-corrected chi connectivity index (χ2v) is 7.25. The third-order valence-electron chi connectivity index (χ3n) is 5.39. The van der Waals surface area contributed by atoms with Gasteiger partial charge in [-0.1, -0.05) is 24.3 Å². The maximum absolute atomic E-state index is 12.6. The topological polar surface area (TPSA) is 91.4 Å². The lowest BCUT2D eigenvalue weighted by Gasteiger charge is -2.07.